The number of anilines is 1. The number of rotatable bonds is 6. The van der Waals surface area contributed by atoms with Gasteiger partial charge in [0.05, 0.1) is 22.2 Å². The van der Waals surface area contributed by atoms with Crippen molar-refractivity contribution < 1.29 is 9.18 Å². The molecule has 0 aliphatic rings. The Labute approximate surface area is 158 Å². The molecule has 2 aromatic carbocycles. The molecule has 0 spiro atoms. The van der Waals surface area contributed by atoms with Crippen molar-refractivity contribution in [1.29, 1.82) is 0 Å². The monoisotopic (exact) mass is 392 g/mol. The van der Waals surface area contributed by atoms with Gasteiger partial charge in [-0.15, -0.1) is 23.1 Å². The summed E-state index contributed by atoms with van der Waals surface area (Å²) >= 11 is 8.95. The van der Waals surface area contributed by atoms with Crippen LogP contribution in [0.25, 0.3) is 10.6 Å². The summed E-state index contributed by atoms with van der Waals surface area (Å²) in [6, 6.07) is 13.9. The number of hydrogen-bond acceptors (Lipinski definition) is 4. The van der Waals surface area contributed by atoms with Crippen LogP contribution >= 0.6 is 34.7 Å². The molecule has 0 atom stereocenters. The third-order valence-electron chi connectivity index (χ3n) is 3.26. The van der Waals surface area contributed by atoms with Gasteiger partial charge >= 0.3 is 0 Å². The van der Waals surface area contributed by atoms with Crippen LogP contribution in [0, 0.1) is 5.82 Å². The first-order valence-corrected chi connectivity index (χ1v) is 9.85. The summed E-state index contributed by atoms with van der Waals surface area (Å²) in [4.78, 5) is 16.6. The highest BCUT2D eigenvalue weighted by Gasteiger charge is 2.09. The van der Waals surface area contributed by atoms with E-state index in [9.17, 15) is 9.18 Å². The van der Waals surface area contributed by atoms with Crippen LogP contribution in [-0.2, 0) is 10.5 Å². The molecule has 1 aromatic heterocycles. The van der Waals surface area contributed by atoms with E-state index in [0.29, 0.717) is 11.4 Å². The molecule has 3 rings (SSSR count). The van der Waals surface area contributed by atoms with E-state index in [1.54, 1.807) is 11.3 Å². The number of carbonyl (C=O) groups is 1. The minimum absolute atomic E-state index is 0.183. The molecule has 3 nitrogen and oxygen atoms in total. The molecular weight excluding hydrogens is 379 g/mol. The van der Waals surface area contributed by atoms with Crippen LogP contribution in [0.4, 0.5) is 10.1 Å². The number of nitrogens with one attached hydrogen (secondary N) is 1. The number of amides is 1. The lowest BCUT2D eigenvalue weighted by atomic mass is 10.2. The standard InChI is InChI=1S/C18H14ClFN2OS2/c19-15-8-13(20)6-7-16(15)22-17(23)11-24-9-14-10-25-18(21-14)12-4-2-1-3-5-12/h1-8,10H,9,11H2,(H,22,23). The number of carbonyl (C=O) groups excluding carboxylic acids is 1. The third-order valence-corrected chi connectivity index (χ3v) is 5.48. The average Bonchev–Trinajstić information content (AvgIpc) is 3.07. The van der Waals surface area contributed by atoms with E-state index < -0.39 is 5.82 Å². The topological polar surface area (TPSA) is 42.0 Å². The molecule has 0 fully saturated rings. The zero-order valence-electron chi connectivity index (χ0n) is 13.0. The molecule has 0 unspecified atom stereocenters. The number of aromatic nitrogens is 1. The quantitative estimate of drug-likeness (QED) is 0.604. The van der Waals surface area contributed by atoms with Gasteiger partial charge in [-0.25, -0.2) is 9.37 Å². The van der Waals surface area contributed by atoms with Crippen LogP contribution in [-0.4, -0.2) is 16.6 Å². The van der Waals surface area contributed by atoms with Crippen LogP contribution in [0.1, 0.15) is 5.69 Å². The van der Waals surface area contributed by atoms with Gasteiger partial charge in [0, 0.05) is 16.7 Å². The zero-order valence-corrected chi connectivity index (χ0v) is 15.4. The van der Waals surface area contributed by atoms with Crippen molar-refractivity contribution in [3.05, 3.63) is 70.4 Å². The molecule has 1 amide bonds. The lowest BCUT2D eigenvalue weighted by Gasteiger charge is -2.06. The van der Waals surface area contributed by atoms with Gasteiger partial charge < -0.3 is 5.32 Å². The molecule has 0 aliphatic heterocycles. The van der Waals surface area contributed by atoms with E-state index in [1.165, 1.54) is 30.0 Å². The summed E-state index contributed by atoms with van der Waals surface area (Å²) < 4.78 is 13.0. The van der Waals surface area contributed by atoms with Gasteiger partial charge in [-0.3, -0.25) is 4.79 Å². The molecule has 1 heterocycles. The maximum atomic E-state index is 13.0. The Balaban J connectivity index is 1.49. The fourth-order valence-electron chi connectivity index (χ4n) is 2.11. The van der Waals surface area contributed by atoms with Gasteiger partial charge in [-0.05, 0) is 18.2 Å². The molecule has 0 bridgehead atoms. The molecule has 0 aliphatic carbocycles. The number of nitrogens with zero attached hydrogens (tertiary/aromatic N) is 1. The highest BCUT2D eigenvalue weighted by atomic mass is 35.5. The molecule has 3 aromatic rings. The lowest BCUT2D eigenvalue weighted by Crippen LogP contribution is -2.14. The van der Waals surface area contributed by atoms with Crippen molar-refractivity contribution in [3.8, 4) is 10.6 Å². The Morgan fingerprint density at radius 1 is 1.24 bits per heavy atom. The summed E-state index contributed by atoms with van der Waals surface area (Å²) in [6.07, 6.45) is 0. The number of benzene rings is 2. The van der Waals surface area contributed by atoms with Crippen LogP contribution in [0.2, 0.25) is 5.02 Å². The van der Waals surface area contributed by atoms with E-state index in [1.807, 2.05) is 35.7 Å². The third kappa shape index (κ3) is 5.04. The first-order valence-electron chi connectivity index (χ1n) is 7.44. The largest absolute Gasteiger partial charge is 0.324 e. The van der Waals surface area contributed by atoms with Gasteiger partial charge in [0.2, 0.25) is 5.91 Å². The second kappa shape index (κ2) is 8.47. The van der Waals surface area contributed by atoms with Crippen molar-refractivity contribution in [2.24, 2.45) is 0 Å². The number of halogens is 2. The van der Waals surface area contributed by atoms with E-state index in [0.717, 1.165) is 16.3 Å². The summed E-state index contributed by atoms with van der Waals surface area (Å²) in [5, 5.41) is 5.84. The molecule has 128 valence electrons. The summed E-state index contributed by atoms with van der Waals surface area (Å²) in [7, 11) is 0. The Morgan fingerprint density at radius 3 is 2.80 bits per heavy atom. The highest BCUT2D eigenvalue weighted by Crippen LogP contribution is 2.26. The van der Waals surface area contributed by atoms with E-state index in [-0.39, 0.29) is 16.7 Å². The summed E-state index contributed by atoms with van der Waals surface area (Å²) in [5.41, 5.74) is 2.45. The van der Waals surface area contributed by atoms with Gasteiger partial charge in [-0.2, -0.15) is 0 Å². The second-order valence-electron chi connectivity index (χ2n) is 5.18. The molecule has 1 N–H and O–H groups in total. The predicted octanol–water partition coefficient (Wildman–Crippen LogP) is 5.47. The molecular formula is C18H14ClFN2OS2. The van der Waals surface area contributed by atoms with Crippen molar-refractivity contribution in [2.75, 3.05) is 11.1 Å². The molecule has 0 radical (unpaired) electrons. The van der Waals surface area contributed by atoms with Crippen LogP contribution in [0.3, 0.4) is 0 Å². The first-order chi connectivity index (χ1) is 12.1. The Hall–Kier alpha value is -1.89. The van der Waals surface area contributed by atoms with E-state index in [2.05, 4.69) is 10.3 Å². The van der Waals surface area contributed by atoms with Gasteiger partial charge in [0.25, 0.3) is 0 Å². The number of hydrogen-bond donors (Lipinski definition) is 1. The Kier molecular flexibility index (Phi) is 6.07. The van der Waals surface area contributed by atoms with E-state index in [4.69, 9.17) is 11.6 Å². The fourth-order valence-corrected chi connectivity index (χ4v) is 3.97. The van der Waals surface area contributed by atoms with E-state index >= 15 is 0 Å². The Bertz CT molecular complexity index is 871. The van der Waals surface area contributed by atoms with Gasteiger partial charge in [0.1, 0.15) is 10.8 Å². The molecule has 0 saturated heterocycles. The van der Waals surface area contributed by atoms with Crippen molar-refractivity contribution in [2.45, 2.75) is 5.75 Å². The maximum Gasteiger partial charge on any atom is 0.234 e. The smallest absolute Gasteiger partial charge is 0.234 e. The Morgan fingerprint density at radius 2 is 2.04 bits per heavy atom. The van der Waals surface area contributed by atoms with Crippen molar-refractivity contribution in [3.63, 3.8) is 0 Å². The predicted molar refractivity (Wildman–Crippen MR) is 104 cm³/mol. The average molecular weight is 393 g/mol. The van der Waals surface area contributed by atoms with Crippen molar-refractivity contribution >= 4 is 46.3 Å². The van der Waals surface area contributed by atoms with Crippen LogP contribution in [0.5, 0.6) is 0 Å². The van der Waals surface area contributed by atoms with Crippen LogP contribution in [0.15, 0.2) is 53.9 Å². The SMILES string of the molecule is O=C(CSCc1csc(-c2ccccc2)n1)Nc1ccc(F)cc1Cl. The zero-order chi connectivity index (χ0) is 17.6. The van der Waals surface area contributed by atoms with Crippen LogP contribution < -0.4 is 5.32 Å². The normalized spacial score (nSPS) is 10.6. The maximum absolute atomic E-state index is 13.0. The minimum atomic E-state index is -0.435. The minimum Gasteiger partial charge on any atom is -0.324 e. The highest BCUT2D eigenvalue weighted by molar-refractivity contribution is 7.99. The second-order valence-corrected chi connectivity index (χ2v) is 7.43. The summed E-state index contributed by atoms with van der Waals surface area (Å²) in [6.45, 7) is 0. The number of thioether (sulfide) groups is 1. The lowest BCUT2D eigenvalue weighted by molar-refractivity contribution is -0.113. The molecule has 7 heteroatoms. The summed E-state index contributed by atoms with van der Waals surface area (Å²) in [5.74, 6) is 0.298. The number of thiazole rings is 1. The fraction of sp³-hybridized carbons (Fsp3) is 0.111. The first kappa shape index (κ1) is 17.9. The van der Waals surface area contributed by atoms with Gasteiger partial charge in [-0.1, -0.05) is 41.9 Å². The van der Waals surface area contributed by atoms with Crippen molar-refractivity contribution in [1.82, 2.24) is 4.98 Å². The van der Waals surface area contributed by atoms with Gasteiger partial charge in [0.15, 0.2) is 0 Å². The molecule has 25 heavy (non-hydrogen) atoms. The molecule has 0 saturated carbocycles.